The van der Waals surface area contributed by atoms with Gasteiger partial charge in [0.2, 0.25) is 11.8 Å². The molecule has 1 saturated heterocycles. The third-order valence-electron chi connectivity index (χ3n) is 6.18. The summed E-state index contributed by atoms with van der Waals surface area (Å²) in [6.07, 6.45) is 3.55. The summed E-state index contributed by atoms with van der Waals surface area (Å²) in [5, 5.41) is 11.3. The molecule has 7 nitrogen and oxygen atoms in total. The molecule has 32 heavy (non-hydrogen) atoms. The van der Waals surface area contributed by atoms with Crippen molar-refractivity contribution in [1.29, 1.82) is 0 Å². The van der Waals surface area contributed by atoms with E-state index in [0.717, 1.165) is 40.8 Å². The zero-order valence-corrected chi connectivity index (χ0v) is 18.2. The second-order valence-electron chi connectivity index (χ2n) is 8.33. The smallest absolute Gasteiger partial charge is 0.322 e. The van der Waals surface area contributed by atoms with Gasteiger partial charge in [-0.1, -0.05) is 37.6 Å². The number of carbonyl (C=O) groups excluding carboxylic acids is 2. The Hall–Kier alpha value is -3.35. The Labute approximate surface area is 187 Å². The quantitative estimate of drug-likeness (QED) is 0.619. The van der Waals surface area contributed by atoms with Crippen LogP contribution in [0, 0.1) is 0 Å². The highest BCUT2D eigenvalue weighted by molar-refractivity contribution is 5.91. The van der Waals surface area contributed by atoms with Crippen LogP contribution < -0.4 is 10.1 Å². The Morgan fingerprint density at radius 1 is 1.16 bits per heavy atom. The Kier molecular flexibility index (Phi) is 6.44. The molecule has 2 aliphatic heterocycles. The third-order valence-corrected chi connectivity index (χ3v) is 6.18. The number of aliphatic carboxylic acids is 1. The van der Waals surface area contributed by atoms with Gasteiger partial charge in [-0.15, -0.1) is 0 Å². The fourth-order valence-corrected chi connectivity index (χ4v) is 4.55. The molecule has 2 heterocycles. The lowest BCUT2D eigenvalue weighted by atomic mass is 9.86. The van der Waals surface area contributed by atoms with Crippen molar-refractivity contribution in [2.24, 2.45) is 0 Å². The molecular formula is C25H28N2O5. The van der Waals surface area contributed by atoms with E-state index in [0.29, 0.717) is 25.9 Å². The molecule has 4 rings (SSSR count). The van der Waals surface area contributed by atoms with E-state index in [4.69, 9.17) is 9.84 Å². The minimum absolute atomic E-state index is 0.0601. The first-order valence-electron chi connectivity index (χ1n) is 11.1. The number of unbranched alkanes of at least 4 members (excludes halogenated alkanes) is 1. The van der Waals surface area contributed by atoms with E-state index in [-0.39, 0.29) is 11.9 Å². The van der Waals surface area contributed by atoms with E-state index < -0.39 is 24.5 Å². The highest BCUT2D eigenvalue weighted by Crippen LogP contribution is 2.42. The van der Waals surface area contributed by atoms with Crippen molar-refractivity contribution in [1.82, 2.24) is 10.2 Å². The molecule has 2 atom stereocenters. The summed E-state index contributed by atoms with van der Waals surface area (Å²) in [7, 11) is 0. The predicted molar refractivity (Wildman–Crippen MR) is 119 cm³/mol. The monoisotopic (exact) mass is 436 g/mol. The molecule has 0 bridgehead atoms. The average molecular weight is 437 g/mol. The fourth-order valence-electron chi connectivity index (χ4n) is 4.55. The molecule has 2 N–H and O–H groups in total. The van der Waals surface area contributed by atoms with E-state index in [9.17, 15) is 14.4 Å². The first-order chi connectivity index (χ1) is 15.5. The molecule has 0 unspecified atom stereocenters. The third kappa shape index (κ3) is 4.47. The molecule has 0 aliphatic carbocycles. The molecule has 1 fully saturated rings. The zero-order chi connectivity index (χ0) is 22.7. The maximum Gasteiger partial charge on any atom is 0.322 e. The second kappa shape index (κ2) is 9.42. The Balaban J connectivity index is 1.57. The van der Waals surface area contributed by atoms with E-state index in [1.54, 1.807) is 4.90 Å². The van der Waals surface area contributed by atoms with Crippen LogP contribution >= 0.6 is 0 Å². The van der Waals surface area contributed by atoms with Crippen LogP contribution in [0.4, 0.5) is 0 Å². The van der Waals surface area contributed by atoms with Crippen molar-refractivity contribution in [3.8, 4) is 16.9 Å². The first kappa shape index (κ1) is 21.9. The standard InChI is InChI=1S/C25H28N2O5/c1-2-3-12-32-19-8-6-16(7-9-19)17-4-5-18-14-22(25(31)26-15-24(29)30)27-21(20(18)13-17)10-11-23(27)28/h4-9,13,21-22H,2-3,10-12,14-15H2,1H3,(H,26,31)(H,29,30)/t21-,22+/m1/s1. The number of rotatable bonds is 8. The number of hydrogen-bond donors (Lipinski definition) is 2. The van der Waals surface area contributed by atoms with Crippen molar-refractivity contribution >= 4 is 17.8 Å². The van der Waals surface area contributed by atoms with E-state index >= 15 is 0 Å². The molecular weight excluding hydrogens is 408 g/mol. The summed E-state index contributed by atoms with van der Waals surface area (Å²) in [6.45, 7) is 2.39. The number of carboxylic acids is 1. The molecule has 2 aromatic rings. The summed E-state index contributed by atoms with van der Waals surface area (Å²) in [4.78, 5) is 37.7. The van der Waals surface area contributed by atoms with Crippen LogP contribution in [0.2, 0.25) is 0 Å². The minimum Gasteiger partial charge on any atom is -0.494 e. The topological polar surface area (TPSA) is 95.9 Å². The maximum atomic E-state index is 12.6. The lowest BCUT2D eigenvalue weighted by molar-refractivity contribution is -0.142. The fraction of sp³-hybridized carbons (Fsp3) is 0.400. The number of fused-ring (bicyclic) bond motifs is 3. The summed E-state index contributed by atoms with van der Waals surface area (Å²) in [5.41, 5.74) is 4.21. The lowest BCUT2D eigenvalue weighted by Crippen LogP contribution is -2.52. The first-order valence-corrected chi connectivity index (χ1v) is 11.1. The Morgan fingerprint density at radius 2 is 1.91 bits per heavy atom. The van der Waals surface area contributed by atoms with Gasteiger partial charge in [0.25, 0.3) is 0 Å². The Bertz CT molecular complexity index is 1020. The van der Waals surface area contributed by atoms with Gasteiger partial charge in [-0.05, 0) is 53.3 Å². The van der Waals surface area contributed by atoms with Gasteiger partial charge >= 0.3 is 5.97 Å². The number of benzene rings is 2. The number of nitrogens with zero attached hydrogens (tertiary/aromatic N) is 1. The van der Waals surface area contributed by atoms with Gasteiger partial charge in [0.1, 0.15) is 18.3 Å². The van der Waals surface area contributed by atoms with E-state index in [1.807, 2.05) is 36.4 Å². The van der Waals surface area contributed by atoms with Gasteiger partial charge in [-0.3, -0.25) is 14.4 Å². The molecule has 2 aromatic carbocycles. The summed E-state index contributed by atoms with van der Waals surface area (Å²) in [5.74, 6) is -0.732. The van der Waals surface area contributed by atoms with Crippen LogP contribution in [-0.4, -0.2) is 47.0 Å². The van der Waals surface area contributed by atoms with E-state index in [2.05, 4.69) is 18.3 Å². The van der Waals surface area contributed by atoms with Crippen LogP contribution in [0.25, 0.3) is 11.1 Å². The molecule has 2 aliphatic rings. The highest BCUT2D eigenvalue weighted by atomic mass is 16.5. The van der Waals surface area contributed by atoms with Crippen molar-refractivity contribution < 1.29 is 24.2 Å². The lowest BCUT2D eigenvalue weighted by Gasteiger charge is -2.38. The van der Waals surface area contributed by atoms with Crippen LogP contribution in [0.1, 0.15) is 49.8 Å². The van der Waals surface area contributed by atoms with Crippen LogP contribution in [0.5, 0.6) is 5.75 Å². The molecule has 0 aromatic heterocycles. The van der Waals surface area contributed by atoms with Crippen molar-refractivity contribution in [3.63, 3.8) is 0 Å². The highest BCUT2D eigenvalue weighted by Gasteiger charge is 2.44. The molecule has 168 valence electrons. The number of nitrogens with one attached hydrogen (secondary N) is 1. The number of carbonyl (C=O) groups is 3. The van der Waals surface area contributed by atoms with Crippen molar-refractivity contribution in [2.45, 2.75) is 51.1 Å². The molecule has 7 heteroatoms. The van der Waals surface area contributed by atoms with Gasteiger partial charge in [-0.2, -0.15) is 0 Å². The largest absolute Gasteiger partial charge is 0.494 e. The Morgan fingerprint density at radius 3 is 2.62 bits per heavy atom. The second-order valence-corrected chi connectivity index (χ2v) is 8.33. The number of hydrogen-bond acceptors (Lipinski definition) is 4. The van der Waals surface area contributed by atoms with E-state index in [1.165, 1.54) is 0 Å². The van der Waals surface area contributed by atoms with Crippen LogP contribution in [-0.2, 0) is 20.8 Å². The normalized spacial score (nSPS) is 19.3. The zero-order valence-electron chi connectivity index (χ0n) is 18.2. The summed E-state index contributed by atoms with van der Waals surface area (Å²) in [6, 6.07) is 13.3. The summed E-state index contributed by atoms with van der Waals surface area (Å²) < 4.78 is 5.75. The van der Waals surface area contributed by atoms with Crippen molar-refractivity contribution in [2.75, 3.05) is 13.2 Å². The van der Waals surface area contributed by atoms with Gasteiger partial charge < -0.3 is 20.1 Å². The van der Waals surface area contributed by atoms with Gasteiger partial charge in [0.15, 0.2) is 0 Å². The molecule has 2 amide bonds. The van der Waals surface area contributed by atoms with Gasteiger partial charge in [0, 0.05) is 12.8 Å². The molecule has 0 spiro atoms. The van der Waals surface area contributed by atoms with Gasteiger partial charge in [0.05, 0.1) is 12.6 Å². The summed E-state index contributed by atoms with van der Waals surface area (Å²) >= 11 is 0. The molecule has 0 saturated carbocycles. The molecule has 0 radical (unpaired) electrons. The average Bonchev–Trinajstić information content (AvgIpc) is 3.19. The predicted octanol–water partition coefficient (Wildman–Crippen LogP) is 3.32. The van der Waals surface area contributed by atoms with Crippen LogP contribution in [0.3, 0.4) is 0 Å². The number of carboxylic acid groups (broad SMARTS) is 1. The van der Waals surface area contributed by atoms with Crippen LogP contribution in [0.15, 0.2) is 42.5 Å². The maximum absolute atomic E-state index is 12.6. The SMILES string of the molecule is CCCCOc1ccc(-c2ccc3c(c2)[C@H]2CCC(=O)N2[C@H](C(=O)NCC(=O)O)C3)cc1. The number of ether oxygens (including phenoxy) is 1. The van der Waals surface area contributed by atoms with Crippen molar-refractivity contribution in [3.05, 3.63) is 53.6 Å². The van der Waals surface area contributed by atoms with Gasteiger partial charge in [-0.25, -0.2) is 0 Å². The minimum atomic E-state index is -1.11. The number of amides is 2.